The SMILES string of the molecule is COc1ccccc1C1CCN(C(=O)C(Cc2c[nH]c3ccccc23)NC(=O)C(C)(C)N)CC1. The molecule has 1 aliphatic rings. The van der Waals surface area contributed by atoms with Crippen LogP contribution in [0.25, 0.3) is 10.9 Å². The van der Waals surface area contributed by atoms with E-state index in [1.54, 1.807) is 21.0 Å². The fraction of sp³-hybridized carbons (Fsp3) is 0.407. The van der Waals surface area contributed by atoms with Gasteiger partial charge in [0, 0.05) is 36.6 Å². The number of benzene rings is 2. The Bertz CT molecular complexity index is 1160. The predicted octanol–water partition coefficient (Wildman–Crippen LogP) is 3.35. The fourth-order valence-electron chi connectivity index (χ4n) is 4.70. The number of H-pyrrole nitrogens is 1. The van der Waals surface area contributed by atoms with Gasteiger partial charge in [-0.2, -0.15) is 0 Å². The first-order valence-corrected chi connectivity index (χ1v) is 11.8. The summed E-state index contributed by atoms with van der Waals surface area (Å²) in [4.78, 5) is 31.5. The van der Waals surface area contributed by atoms with Crippen LogP contribution in [0.1, 0.15) is 43.7 Å². The van der Waals surface area contributed by atoms with Gasteiger partial charge in [0.15, 0.2) is 0 Å². The first kappa shape index (κ1) is 23.8. The largest absolute Gasteiger partial charge is 0.496 e. The Kier molecular flexibility index (Phi) is 6.93. The Hall–Kier alpha value is -3.32. The number of fused-ring (bicyclic) bond motifs is 1. The van der Waals surface area contributed by atoms with Crippen LogP contribution in [-0.2, 0) is 16.0 Å². The Morgan fingerprint density at radius 2 is 1.82 bits per heavy atom. The van der Waals surface area contributed by atoms with Crippen LogP contribution in [0.5, 0.6) is 5.75 Å². The number of methoxy groups -OCH3 is 1. The molecule has 1 aliphatic heterocycles. The van der Waals surface area contributed by atoms with E-state index in [1.165, 1.54) is 5.56 Å². The zero-order valence-electron chi connectivity index (χ0n) is 20.1. The topological polar surface area (TPSA) is 100 Å². The fourth-order valence-corrected chi connectivity index (χ4v) is 4.70. The molecule has 1 atom stereocenters. The normalized spacial score (nSPS) is 15.8. The number of likely N-dealkylation sites (tertiary alicyclic amines) is 1. The minimum Gasteiger partial charge on any atom is -0.496 e. The summed E-state index contributed by atoms with van der Waals surface area (Å²) in [6, 6.07) is 15.4. The molecule has 34 heavy (non-hydrogen) atoms. The molecular formula is C27H34N4O3. The molecule has 2 amide bonds. The number of aromatic nitrogens is 1. The molecule has 4 N–H and O–H groups in total. The highest BCUT2D eigenvalue weighted by Gasteiger charge is 2.33. The Balaban J connectivity index is 1.50. The highest BCUT2D eigenvalue weighted by atomic mass is 16.5. The van der Waals surface area contributed by atoms with Crippen molar-refractivity contribution in [3.05, 3.63) is 65.9 Å². The second-order valence-electron chi connectivity index (χ2n) is 9.65. The first-order chi connectivity index (χ1) is 16.3. The number of ether oxygens (including phenoxy) is 1. The zero-order valence-corrected chi connectivity index (χ0v) is 20.1. The third-order valence-electron chi connectivity index (χ3n) is 6.67. The highest BCUT2D eigenvalue weighted by Crippen LogP contribution is 2.34. The maximum Gasteiger partial charge on any atom is 0.245 e. The van der Waals surface area contributed by atoms with Crippen LogP contribution >= 0.6 is 0 Å². The maximum atomic E-state index is 13.6. The number of carbonyl (C=O) groups excluding carboxylic acids is 2. The van der Waals surface area contributed by atoms with E-state index in [0.717, 1.165) is 35.1 Å². The van der Waals surface area contributed by atoms with Gasteiger partial charge in [0.2, 0.25) is 11.8 Å². The molecule has 7 heteroatoms. The molecule has 1 saturated heterocycles. The van der Waals surface area contributed by atoms with Crippen molar-refractivity contribution in [2.75, 3.05) is 20.2 Å². The van der Waals surface area contributed by atoms with E-state index in [4.69, 9.17) is 10.5 Å². The van der Waals surface area contributed by atoms with E-state index in [9.17, 15) is 9.59 Å². The number of piperidine rings is 1. The molecule has 0 radical (unpaired) electrons. The summed E-state index contributed by atoms with van der Waals surface area (Å²) in [5.74, 6) is 0.822. The molecule has 0 bridgehead atoms. The molecule has 1 fully saturated rings. The Morgan fingerprint density at radius 3 is 2.53 bits per heavy atom. The van der Waals surface area contributed by atoms with E-state index in [2.05, 4.69) is 16.4 Å². The van der Waals surface area contributed by atoms with Gasteiger partial charge in [0.1, 0.15) is 11.8 Å². The van der Waals surface area contributed by atoms with Crippen molar-refractivity contribution in [1.29, 1.82) is 0 Å². The molecule has 2 aromatic carbocycles. The summed E-state index contributed by atoms with van der Waals surface area (Å²) < 4.78 is 5.54. The molecule has 2 heterocycles. The number of hydrogen-bond acceptors (Lipinski definition) is 4. The summed E-state index contributed by atoms with van der Waals surface area (Å²) in [5.41, 5.74) is 8.14. The van der Waals surface area contributed by atoms with Gasteiger partial charge in [-0.15, -0.1) is 0 Å². The number of rotatable bonds is 7. The average molecular weight is 463 g/mol. The average Bonchev–Trinajstić information content (AvgIpc) is 3.25. The van der Waals surface area contributed by atoms with Crippen LogP contribution < -0.4 is 15.8 Å². The first-order valence-electron chi connectivity index (χ1n) is 11.8. The Morgan fingerprint density at radius 1 is 1.15 bits per heavy atom. The van der Waals surface area contributed by atoms with Gasteiger partial charge in [0.25, 0.3) is 0 Å². The molecule has 4 rings (SSSR count). The quantitative estimate of drug-likeness (QED) is 0.501. The van der Waals surface area contributed by atoms with Crippen molar-refractivity contribution in [3.63, 3.8) is 0 Å². The summed E-state index contributed by atoms with van der Waals surface area (Å²) in [7, 11) is 1.69. The van der Waals surface area contributed by atoms with Crippen LogP contribution in [-0.4, -0.2) is 53.5 Å². The second-order valence-corrected chi connectivity index (χ2v) is 9.65. The number of hydrogen-bond donors (Lipinski definition) is 3. The number of nitrogens with one attached hydrogen (secondary N) is 2. The Labute approximate surface area is 200 Å². The molecule has 0 aliphatic carbocycles. The second kappa shape index (κ2) is 9.89. The number of nitrogens with two attached hydrogens (primary N) is 1. The molecule has 0 spiro atoms. The molecule has 180 valence electrons. The number of amides is 2. The van der Waals surface area contributed by atoms with E-state index in [1.807, 2.05) is 53.6 Å². The predicted molar refractivity (Wildman–Crippen MR) is 134 cm³/mol. The van der Waals surface area contributed by atoms with Gasteiger partial charge >= 0.3 is 0 Å². The van der Waals surface area contributed by atoms with E-state index in [-0.39, 0.29) is 11.8 Å². The van der Waals surface area contributed by atoms with E-state index < -0.39 is 11.6 Å². The molecule has 3 aromatic rings. The van der Waals surface area contributed by atoms with Crippen LogP contribution in [0.15, 0.2) is 54.7 Å². The minimum atomic E-state index is -1.07. The molecular weight excluding hydrogens is 428 g/mol. The summed E-state index contributed by atoms with van der Waals surface area (Å²) in [5, 5.41) is 3.98. The van der Waals surface area contributed by atoms with Crippen molar-refractivity contribution in [1.82, 2.24) is 15.2 Å². The molecule has 1 aromatic heterocycles. The number of carbonyl (C=O) groups is 2. The highest BCUT2D eigenvalue weighted by molar-refractivity contribution is 5.92. The zero-order chi connectivity index (χ0) is 24.3. The van der Waals surface area contributed by atoms with Gasteiger partial charge < -0.3 is 25.7 Å². The molecule has 0 saturated carbocycles. The van der Waals surface area contributed by atoms with Gasteiger partial charge in [-0.3, -0.25) is 9.59 Å². The van der Waals surface area contributed by atoms with Gasteiger partial charge in [-0.25, -0.2) is 0 Å². The van der Waals surface area contributed by atoms with Gasteiger partial charge in [-0.1, -0.05) is 36.4 Å². The lowest BCUT2D eigenvalue weighted by atomic mass is 9.88. The van der Waals surface area contributed by atoms with Gasteiger partial charge in [-0.05, 0) is 55.9 Å². The lowest BCUT2D eigenvalue weighted by Crippen LogP contribution is -2.57. The summed E-state index contributed by atoms with van der Waals surface area (Å²) in [6.07, 6.45) is 4.01. The molecule has 1 unspecified atom stereocenters. The van der Waals surface area contributed by atoms with Crippen LogP contribution in [0.2, 0.25) is 0 Å². The number of nitrogens with zero attached hydrogens (tertiary/aromatic N) is 1. The third kappa shape index (κ3) is 5.09. The molecule has 7 nitrogen and oxygen atoms in total. The monoisotopic (exact) mass is 462 g/mol. The van der Waals surface area contributed by atoms with Crippen molar-refractivity contribution in [3.8, 4) is 5.75 Å². The number of aromatic amines is 1. The van der Waals surface area contributed by atoms with Crippen LogP contribution in [0.4, 0.5) is 0 Å². The van der Waals surface area contributed by atoms with Gasteiger partial charge in [0.05, 0.1) is 12.6 Å². The van der Waals surface area contributed by atoms with Crippen molar-refractivity contribution < 1.29 is 14.3 Å². The number of para-hydroxylation sites is 2. The lowest BCUT2D eigenvalue weighted by molar-refractivity contribution is -0.138. The third-order valence-corrected chi connectivity index (χ3v) is 6.67. The van der Waals surface area contributed by atoms with Crippen molar-refractivity contribution >= 4 is 22.7 Å². The summed E-state index contributed by atoms with van der Waals surface area (Å²) in [6.45, 7) is 4.56. The van der Waals surface area contributed by atoms with E-state index >= 15 is 0 Å². The van der Waals surface area contributed by atoms with Crippen LogP contribution in [0, 0.1) is 0 Å². The maximum absolute atomic E-state index is 13.6. The van der Waals surface area contributed by atoms with Crippen LogP contribution in [0.3, 0.4) is 0 Å². The lowest BCUT2D eigenvalue weighted by Gasteiger charge is -2.35. The smallest absolute Gasteiger partial charge is 0.245 e. The minimum absolute atomic E-state index is 0.0682. The standard InChI is InChI=1S/C27H34N4O3/c1-27(2,28)26(33)30-23(16-19-17-29-22-10-6-4-8-20(19)22)25(32)31-14-12-18(13-15-31)21-9-5-7-11-24(21)34-3/h4-11,17-18,23,29H,12-16,28H2,1-3H3,(H,30,33). The summed E-state index contributed by atoms with van der Waals surface area (Å²) >= 11 is 0. The van der Waals surface area contributed by atoms with E-state index in [0.29, 0.717) is 25.4 Å². The van der Waals surface area contributed by atoms with Crippen molar-refractivity contribution in [2.45, 2.75) is 50.6 Å². The van der Waals surface area contributed by atoms with Crippen molar-refractivity contribution in [2.24, 2.45) is 5.73 Å².